The van der Waals surface area contributed by atoms with Crippen molar-refractivity contribution >= 4 is 52.3 Å². The van der Waals surface area contributed by atoms with E-state index in [0.29, 0.717) is 31.6 Å². The Morgan fingerprint density at radius 3 is 2.17 bits per heavy atom. The Morgan fingerprint density at radius 2 is 1.50 bits per heavy atom. The van der Waals surface area contributed by atoms with Gasteiger partial charge in [-0.15, -0.1) is 10.2 Å². The Morgan fingerprint density at radius 1 is 0.833 bits per heavy atom. The van der Waals surface area contributed by atoms with Crippen molar-refractivity contribution in [1.82, 2.24) is 14.8 Å². The molecule has 0 unspecified atom stereocenters. The van der Waals surface area contributed by atoms with E-state index in [9.17, 15) is 4.79 Å². The van der Waals surface area contributed by atoms with Crippen LogP contribution in [0.15, 0.2) is 78.0 Å². The summed E-state index contributed by atoms with van der Waals surface area (Å²) in [6.07, 6.45) is 0. The van der Waals surface area contributed by atoms with Crippen LogP contribution >= 0.6 is 46.6 Å². The molecule has 0 radical (unpaired) electrons. The molecular weight excluding hydrogens is 461 g/mol. The van der Waals surface area contributed by atoms with E-state index in [4.69, 9.17) is 34.8 Å². The van der Waals surface area contributed by atoms with Gasteiger partial charge in [0.1, 0.15) is 0 Å². The number of carbonyl (C=O) groups is 1. The summed E-state index contributed by atoms with van der Waals surface area (Å²) in [5.41, 5.74) is 2.25. The van der Waals surface area contributed by atoms with Gasteiger partial charge in [0.2, 0.25) is 0 Å². The summed E-state index contributed by atoms with van der Waals surface area (Å²) in [5.74, 6) is 0.816. The van der Waals surface area contributed by atoms with E-state index in [0.717, 1.165) is 11.3 Å². The lowest BCUT2D eigenvalue weighted by atomic mass is 10.1. The van der Waals surface area contributed by atoms with E-state index in [-0.39, 0.29) is 11.5 Å². The SMILES string of the molecule is O=C(CSc1nnc(-c2cccc(Cl)c2)n1-c1ccc(Cl)cc1)c1ccc(Cl)cc1. The molecule has 1 heterocycles. The Kier molecular flexibility index (Phi) is 6.44. The first-order chi connectivity index (χ1) is 14.5. The average Bonchev–Trinajstić information content (AvgIpc) is 3.17. The second-order valence-electron chi connectivity index (χ2n) is 6.35. The molecule has 4 nitrogen and oxygen atoms in total. The van der Waals surface area contributed by atoms with Crippen LogP contribution in [0.25, 0.3) is 17.1 Å². The quantitative estimate of drug-likeness (QED) is 0.226. The lowest BCUT2D eigenvalue weighted by molar-refractivity contribution is 0.102. The number of thioether (sulfide) groups is 1. The van der Waals surface area contributed by atoms with E-state index < -0.39 is 0 Å². The molecule has 3 aromatic carbocycles. The maximum absolute atomic E-state index is 12.6. The van der Waals surface area contributed by atoms with Gasteiger partial charge in [0.15, 0.2) is 16.8 Å². The monoisotopic (exact) mass is 473 g/mol. The summed E-state index contributed by atoms with van der Waals surface area (Å²) >= 11 is 19.4. The molecule has 0 bridgehead atoms. The van der Waals surface area contributed by atoms with Crippen molar-refractivity contribution in [2.75, 3.05) is 5.75 Å². The van der Waals surface area contributed by atoms with E-state index in [1.807, 2.05) is 34.9 Å². The minimum absolute atomic E-state index is 0.0216. The van der Waals surface area contributed by atoms with Crippen LogP contribution in [0.1, 0.15) is 10.4 Å². The first-order valence-corrected chi connectivity index (χ1v) is 11.0. The van der Waals surface area contributed by atoms with Crippen molar-refractivity contribution in [1.29, 1.82) is 0 Å². The van der Waals surface area contributed by atoms with Gasteiger partial charge in [0.25, 0.3) is 0 Å². The molecule has 0 spiro atoms. The highest BCUT2D eigenvalue weighted by Gasteiger charge is 2.18. The van der Waals surface area contributed by atoms with Crippen molar-refractivity contribution in [3.8, 4) is 17.1 Å². The van der Waals surface area contributed by atoms with Gasteiger partial charge >= 0.3 is 0 Å². The van der Waals surface area contributed by atoms with Crippen molar-refractivity contribution < 1.29 is 4.79 Å². The van der Waals surface area contributed by atoms with Gasteiger partial charge in [-0.3, -0.25) is 9.36 Å². The van der Waals surface area contributed by atoms with Gasteiger partial charge in [0, 0.05) is 31.9 Å². The summed E-state index contributed by atoms with van der Waals surface area (Å²) in [4.78, 5) is 12.6. The first kappa shape index (κ1) is 20.9. The number of aromatic nitrogens is 3. The van der Waals surface area contributed by atoms with Crippen molar-refractivity contribution in [3.63, 3.8) is 0 Å². The van der Waals surface area contributed by atoms with Gasteiger partial charge in [-0.25, -0.2) is 0 Å². The fourth-order valence-corrected chi connectivity index (χ4v) is 4.14. The molecule has 4 aromatic rings. The smallest absolute Gasteiger partial charge is 0.196 e. The topological polar surface area (TPSA) is 47.8 Å². The van der Waals surface area contributed by atoms with E-state index in [2.05, 4.69) is 10.2 Å². The summed E-state index contributed by atoms with van der Waals surface area (Å²) in [6, 6.07) is 21.6. The van der Waals surface area contributed by atoms with Crippen LogP contribution in [0.5, 0.6) is 0 Å². The Labute approximate surface area is 192 Å². The minimum Gasteiger partial charge on any atom is -0.293 e. The predicted octanol–water partition coefficient (Wildman–Crippen LogP) is 6.87. The Bertz CT molecular complexity index is 1190. The van der Waals surface area contributed by atoms with Crippen molar-refractivity contribution in [2.24, 2.45) is 0 Å². The van der Waals surface area contributed by atoms with Crippen LogP contribution in [0.2, 0.25) is 15.1 Å². The van der Waals surface area contributed by atoms with Crippen LogP contribution < -0.4 is 0 Å². The summed E-state index contributed by atoms with van der Waals surface area (Å²) in [7, 11) is 0. The Balaban J connectivity index is 1.68. The number of hydrogen-bond acceptors (Lipinski definition) is 4. The molecule has 0 amide bonds. The fourth-order valence-electron chi connectivity index (χ4n) is 2.85. The normalized spacial score (nSPS) is 10.9. The van der Waals surface area contributed by atoms with Crippen LogP contribution in [0.4, 0.5) is 0 Å². The highest BCUT2D eigenvalue weighted by Crippen LogP contribution is 2.30. The Hall–Kier alpha value is -2.31. The zero-order valence-corrected chi connectivity index (χ0v) is 18.5. The molecule has 0 aliphatic carbocycles. The van der Waals surface area contributed by atoms with E-state index in [1.165, 1.54) is 11.8 Å². The summed E-state index contributed by atoms with van der Waals surface area (Å²) < 4.78 is 1.89. The molecular formula is C22H14Cl3N3OS. The standard InChI is InChI=1S/C22H14Cl3N3OS/c23-16-6-4-14(5-7-16)20(29)13-30-22-27-26-21(15-2-1-3-18(25)12-15)28(22)19-10-8-17(24)9-11-19/h1-12H,13H2. The average molecular weight is 475 g/mol. The molecule has 0 saturated heterocycles. The highest BCUT2D eigenvalue weighted by atomic mass is 35.5. The molecule has 0 aliphatic heterocycles. The lowest BCUT2D eigenvalue weighted by Gasteiger charge is -2.11. The molecule has 4 rings (SSSR count). The van der Waals surface area contributed by atoms with Crippen LogP contribution in [-0.2, 0) is 0 Å². The minimum atomic E-state index is -0.0216. The van der Waals surface area contributed by atoms with Gasteiger partial charge in [-0.1, -0.05) is 58.7 Å². The first-order valence-electron chi connectivity index (χ1n) is 8.90. The molecule has 1 aromatic heterocycles. The third-order valence-corrected chi connectivity index (χ3v) is 5.97. The molecule has 0 saturated carbocycles. The third-order valence-electron chi connectivity index (χ3n) is 4.30. The van der Waals surface area contributed by atoms with E-state index >= 15 is 0 Å². The number of rotatable bonds is 6. The van der Waals surface area contributed by atoms with Crippen LogP contribution in [0.3, 0.4) is 0 Å². The van der Waals surface area contributed by atoms with Gasteiger partial charge in [-0.2, -0.15) is 0 Å². The number of carbonyl (C=O) groups excluding carboxylic acids is 1. The molecule has 150 valence electrons. The van der Waals surface area contributed by atoms with Gasteiger partial charge in [-0.05, 0) is 60.7 Å². The largest absolute Gasteiger partial charge is 0.293 e. The molecule has 0 N–H and O–H groups in total. The summed E-state index contributed by atoms with van der Waals surface area (Å²) in [6.45, 7) is 0. The lowest BCUT2D eigenvalue weighted by Crippen LogP contribution is -2.05. The zero-order valence-electron chi connectivity index (χ0n) is 15.4. The number of hydrogen-bond donors (Lipinski definition) is 0. The molecule has 0 aliphatic rings. The molecule has 0 fully saturated rings. The predicted molar refractivity (Wildman–Crippen MR) is 123 cm³/mol. The van der Waals surface area contributed by atoms with E-state index in [1.54, 1.807) is 42.5 Å². The fraction of sp³-hybridized carbons (Fsp3) is 0.0455. The highest BCUT2D eigenvalue weighted by molar-refractivity contribution is 7.99. The maximum atomic E-state index is 12.6. The molecule has 0 atom stereocenters. The molecule has 8 heteroatoms. The van der Waals surface area contributed by atoms with Gasteiger partial charge < -0.3 is 0 Å². The number of nitrogens with zero attached hydrogens (tertiary/aromatic N) is 3. The van der Waals surface area contributed by atoms with Crippen molar-refractivity contribution in [3.05, 3.63) is 93.4 Å². The van der Waals surface area contributed by atoms with Crippen LogP contribution in [0, 0.1) is 0 Å². The number of benzene rings is 3. The summed E-state index contributed by atoms with van der Waals surface area (Å²) in [5, 5.41) is 11.1. The van der Waals surface area contributed by atoms with Crippen molar-refractivity contribution in [2.45, 2.75) is 5.16 Å². The number of ketones is 1. The second kappa shape index (κ2) is 9.23. The third kappa shape index (κ3) is 4.71. The zero-order chi connectivity index (χ0) is 21.1. The molecule has 30 heavy (non-hydrogen) atoms. The van der Waals surface area contributed by atoms with Gasteiger partial charge in [0.05, 0.1) is 5.75 Å². The number of halogens is 3. The second-order valence-corrected chi connectivity index (χ2v) is 8.60. The number of Topliss-reactive ketones (excluding diaryl/α,β-unsaturated/α-hetero) is 1. The maximum Gasteiger partial charge on any atom is 0.196 e. The van der Waals surface area contributed by atoms with Crippen LogP contribution in [-0.4, -0.2) is 26.3 Å².